The second-order valence-corrected chi connectivity index (χ2v) is 8.46. The molecule has 2 aliphatic rings. The molecule has 28 heavy (non-hydrogen) atoms. The molecule has 1 unspecified atom stereocenters. The minimum Gasteiger partial charge on any atom is -0.454 e. The number of hydrogen-bond acceptors (Lipinski definition) is 7. The van der Waals surface area contributed by atoms with Crippen LogP contribution in [0.4, 0.5) is 5.13 Å². The van der Waals surface area contributed by atoms with Crippen LogP contribution in [0.1, 0.15) is 42.0 Å². The highest BCUT2D eigenvalue weighted by Crippen LogP contribution is 2.35. The van der Waals surface area contributed by atoms with Crippen molar-refractivity contribution in [2.45, 2.75) is 32.9 Å². The number of nitrogens with one attached hydrogen (secondary N) is 1. The summed E-state index contributed by atoms with van der Waals surface area (Å²) < 4.78 is 10.9. The van der Waals surface area contributed by atoms with Crippen LogP contribution in [0, 0.1) is 0 Å². The Morgan fingerprint density at radius 1 is 1.14 bits per heavy atom. The maximum absolute atomic E-state index is 12.1. The van der Waals surface area contributed by atoms with Crippen LogP contribution in [0.15, 0.2) is 24.4 Å². The van der Waals surface area contributed by atoms with Crippen molar-refractivity contribution in [2.75, 3.05) is 37.9 Å². The number of carbonyl (C=O) groups excluding carboxylic acids is 1. The molecular weight excluding hydrogens is 376 g/mol. The SMILES string of the molecule is CC(C)NC(=O)c1cnc(N2CCN(C(C)c3ccc4c(c3)OCO4)CC2)s1. The number of anilines is 1. The zero-order chi connectivity index (χ0) is 19.7. The van der Waals surface area contributed by atoms with Crippen LogP contribution in [-0.4, -0.2) is 54.8 Å². The molecule has 1 aromatic carbocycles. The zero-order valence-electron chi connectivity index (χ0n) is 16.5. The van der Waals surface area contributed by atoms with Crippen LogP contribution in [0.3, 0.4) is 0 Å². The normalized spacial score (nSPS) is 17.8. The van der Waals surface area contributed by atoms with E-state index in [9.17, 15) is 4.79 Å². The topological polar surface area (TPSA) is 66.9 Å². The smallest absolute Gasteiger partial charge is 0.263 e. The molecule has 1 aromatic heterocycles. The molecule has 1 N–H and O–H groups in total. The Bertz CT molecular complexity index is 846. The van der Waals surface area contributed by atoms with Gasteiger partial charge in [-0.2, -0.15) is 0 Å². The summed E-state index contributed by atoms with van der Waals surface area (Å²) in [5, 5.41) is 3.84. The van der Waals surface area contributed by atoms with E-state index in [0.717, 1.165) is 42.8 Å². The summed E-state index contributed by atoms with van der Waals surface area (Å²) in [5.41, 5.74) is 1.24. The highest BCUT2D eigenvalue weighted by molar-refractivity contribution is 7.17. The summed E-state index contributed by atoms with van der Waals surface area (Å²) in [5.74, 6) is 1.61. The van der Waals surface area contributed by atoms with Crippen LogP contribution in [0.25, 0.3) is 0 Å². The molecular formula is C20H26N4O3S. The number of nitrogens with zero attached hydrogens (tertiary/aromatic N) is 3. The molecule has 1 saturated heterocycles. The lowest BCUT2D eigenvalue weighted by Crippen LogP contribution is -2.47. The first-order valence-electron chi connectivity index (χ1n) is 9.66. The number of amides is 1. The van der Waals surface area contributed by atoms with Gasteiger partial charge in [-0.15, -0.1) is 0 Å². The summed E-state index contributed by atoms with van der Waals surface area (Å²) in [6, 6.07) is 6.62. The number of benzene rings is 1. The Balaban J connectivity index is 1.36. The van der Waals surface area contributed by atoms with Gasteiger partial charge in [0.05, 0.1) is 6.20 Å². The van der Waals surface area contributed by atoms with Crippen LogP contribution in [0.5, 0.6) is 11.5 Å². The van der Waals surface area contributed by atoms with Gasteiger partial charge in [0.1, 0.15) is 4.88 Å². The van der Waals surface area contributed by atoms with E-state index in [4.69, 9.17) is 9.47 Å². The van der Waals surface area contributed by atoms with E-state index in [1.165, 1.54) is 16.9 Å². The molecule has 0 saturated carbocycles. The lowest BCUT2D eigenvalue weighted by Gasteiger charge is -2.38. The Morgan fingerprint density at radius 2 is 1.89 bits per heavy atom. The largest absolute Gasteiger partial charge is 0.454 e. The van der Waals surface area contributed by atoms with Gasteiger partial charge >= 0.3 is 0 Å². The van der Waals surface area contributed by atoms with Gasteiger partial charge in [-0.3, -0.25) is 9.69 Å². The molecule has 0 bridgehead atoms. The molecule has 150 valence electrons. The van der Waals surface area contributed by atoms with E-state index in [-0.39, 0.29) is 11.9 Å². The number of hydrogen-bond donors (Lipinski definition) is 1. The van der Waals surface area contributed by atoms with Gasteiger partial charge in [0.25, 0.3) is 5.91 Å². The van der Waals surface area contributed by atoms with Gasteiger partial charge in [0.15, 0.2) is 16.6 Å². The molecule has 1 amide bonds. The molecule has 7 nitrogen and oxygen atoms in total. The summed E-state index contributed by atoms with van der Waals surface area (Å²) in [6.07, 6.45) is 1.68. The van der Waals surface area contributed by atoms with Crippen LogP contribution < -0.4 is 19.7 Å². The predicted octanol–water partition coefficient (Wildman–Crippen LogP) is 2.89. The number of thiazole rings is 1. The molecule has 0 radical (unpaired) electrons. The van der Waals surface area contributed by atoms with Crippen molar-refractivity contribution in [3.05, 3.63) is 34.8 Å². The number of carbonyl (C=O) groups is 1. The van der Waals surface area contributed by atoms with E-state index < -0.39 is 0 Å². The zero-order valence-corrected chi connectivity index (χ0v) is 17.3. The predicted molar refractivity (Wildman–Crippen MR) is 109 cm³/mol. The molecule has 3 heterocycles. The van der Waals surface area contributed by atoms with Crippen molar-refractivity contribution in [3.8, 4) is 11.5 Å². The quantitative estimate of drug-likeness (QED) is 0.830. The van der Waals surface area contributed by atoms with Gasteiger partial charge in [0.2, 0.25) is 6.79 Å². The standard InChI is InChI=1S/C20H26N4O3S/c1-13(2)22-19(25)18-11-21-20(28-18)24-8-6-23(7-9-24)14(3)15-4-5-16-17(10-15)27-12-26-16/h4-5,10-11,13-14H,6-9,12H2,1-3H3,(H,22,25). The van der Waals surface area contributed by atoms with Crippen molar-refractivity contribution in [1.29, 1.82) is 0 Å². The average molecular weight is 403 g/mol. The van der Waals surface area contributed by atoms with E-state index in [1.807, 2.05) is 19.9 Å². The van der Waals surface area contributed by atoms with Crippen molar-refractivity contribution < 1.29 is 14.3 Å². The number of rotatable bonds is 5. The second kappa shape index (κ2) is 7.97. The Labute approximate surface area is 169 Å². The van der Waals surface area contributed by atoms with Crippen molar-refractivity contribution in [1.82, 2.24) is 15.2 Å². The average Bonchev–Trinajstić information content (AvgIpc) is 3.36. The van der Waals surface area contributed by atoms with Crippen molar-refractivity contribution in [2.24, 2.45) is 0 Å². The first kappa shape index (κ1) is 19.0. The van der Waals surface area contributed by atoms with E-state index in [1.54, 1.807) is 6.20 Å². The first-order chi connectivity index (χ1) is 13.5. The monoisotopic (exact) mass is 402 g/mol. The van der Waals surface area contributed by atoms with Gasteiger partial charge in [0, 0.05) is 38.3 Å². The fourth-order valence-electron chi connectivity index (χ4n) is 3.53. The lowest BCUT2D eigenvalue weighted by molar-refractivity contribution is 0.0947. The molecule has 4 rings (SSSR count). The Kier molecular flexibility index (Phi) is 5.41. The fourth-order valence-corrected chi connectivity index (χ4v) is 4.40. The van der Waals surface area contributed by atoms with Crippen molar-refractivity contribution >= 4 is 22.4 Å². The molecule has 0 spiro atoms. The third kappa shape index (κ3) is 3.93. The van der Waals surface area contributed by atoms with E-state index in [0.29, 0.717) is 17.7 Å². The molecule has 1 fully saturated rings. The number of aromatic nitrogens is 1. The van der Waals surface area contributed by atoms with E-state index >= 15 is 0 Å². The van der Waals surface area contributed by atoms with Crippen LogP contribution in [0.2, 0.25) is 0 Å². The number of fused-ring (bicyclic) bond motifs is 1. The minimum atomic E-state index is -0.0474. The van der Waals surface area contributed by atoms with Gasteiger partial charge in [-0.05, 0) is 38.5 Å². The highest BCUT2D eigenvalue weighted by Gasteiger charge is 2.25. The van der Waals surface area contributed by atoms with E-state index in [2.05, 4.69) is 39.2 Å². The van der Waals surface area contributed by atoms with Crippen molar-refractivity contribution in [3.63, 3.8) is 0 Å². The molecule has 2 aromatic rings. The molecule has 8 heteroatoms. The summed E-state index contributed by atoms with van der Waals surface area (Å²) in [6.45, 7) is 10.1. The van der Waals surface area contributed by atoms with Gasteiger partial charge in [-0.1, -0.05) is 17.4 Å². The summed E-state index contributed by atoms with van der Waals surface area (Å²) in [7, 11) is 0. The number of piperazine rings is 1. The Hall–Kier alpha value is -2.32. The molecule has 2 aliphatic heterocycles. The van der Waals surface area contributed by atoms with Crippen LogP contribution >= 0.6 is 11.3 Å². The fraction of sp³-hybridized carbons (Fsp3) is 0.500. The molecule has 0 aliphatic carbocycles. The third-order valence-corrected chi connectivity index (χ3v) is 6.21. The number of ether oxygens (including phenoxy) is 2. The maximum atomic E-state index is 12.1. The first-order valence-corrected chi connectivity index (χ1v) is 10.5. The highest BCUT2D eigenvalue weighted by atomic mass is 32.1. The maximum Gasteiger partial charge on any atom is 0.263 e. The second-order valence-electron chi connectivity index (χ2n) is 7.45. The lowest BCUT2D eigenvalue weighted by atomic mass is 10.1. The summed E-state index contributed by atoms with van der Waals surface area (Å²) >= 11 is 1.46. The Morgan fingerprint density at radius 3 is 2.64 bits per heavy atom. The van der Waals surface area contributed by atoms with Crippen LogP contribution in [-0.2, 0) is 0 Å². The third-order valence-electron chi connectivity index (χ3n) is 5.15. The summed E-state index contributed by atoms with van der Waals surface area (Å²) in [4.78, 5) is 22.0. The van der Waals surface area contributed by atoms with Gasteiger partial charge < -0.3 is 19.7 Å². The minimum absolute atomic E-state index is 0.0474. The molecule has 1 atom stereocenters. The van der Waals surface area contributed by atoms with Gasteiger partial charge in [-0.25, -0.2) is 4.98 Å².